The van der Waals surface area contributed by atoms with Crippen molar-refractivity contribution in [2.45, 2.75) is 175 Å². The van der Waals surface area contributed by atoms with Gasteiger partial charge in [-0.3, -0.25) is 14.4 Å². The van der Waals surface area contributed by atoms with Gasteiger partial charge in [0.15, 0.2) is 0 Å². The van der Waals surface area contributed by atoms with Crippen molar-refractivity contribution in [3.8, 4) is 0 Å². The molecule has 39 heavy (non-hydrogen) atoms. The summed E-state index contributed by atoms with van der Waals surface area (Å²) in [6.07, 6.45) is 18.7. The van der Waals surface area contributed by atoms with Crippen LogP contribution in [0.25, 0.3) is 0 Å². The number of amides is 3. The minimum absolute atomic E-state index is 0.00789. The molecule has 0 radical (unpaired) electrons. The van der Waals surface area contributed by atoms with Gasteiger partial charge in [-0.1, -0.05) is 97.8 Å². The summed E-state index contributed by atoms with van der Waals surface area (Å²) in [5.41, 5.74) is 0. The molecule has 3 amide bonds. The summed E-state index contributed by atoms with van der Waals surface area (Å²) in [6.45, 7) is 12.8. The molecule has 1 saturated carbocycles. The van der Waals surface area contributed by atoms with E-state index in [1.807, 2.05) is 0 Å². The Morgan fingerprint density at radius 1 is 0.487 bits per heavy atom. The first-order valence-electron chi connectivity index (χ1n) is 16.6. The van der Waals surface area contributed by atoms with Crippen LogP contribution in [0.3, 0.4) is 0 Å². The zero-order chi connectivity index (χ0) is 29.0. The van der Waals surface area contributed by atoms with Crippen LogP contribution in [0, 0.1) is 17.8 Å². The van der Waals surface area contributed by atoms with Crippen LogP contribution in [-0.4, -0.2) is 35.8 Å². The van der Waals surface area contributed by atoms with Crippen molar-refractivity contribution in [1.82, 2.24) is 16.0 Å². The lowest BCUT2D eigenvalue weighted by Gasteiger charge is -2.34. The molecule has 3 N–H and O–H groups in total. The zero-order valence-corrected chi connectivity index (χ0v) is 26.4. The molecule has 3 atom stereocenters. The third-order valence-corrected chi connectivity index (χ3v) is 8.46. The first-order valence-corrected chi connectivity index (χ1v) is 16.6. The highest BCUT2D eigenvalue weighted by atomic mass is 16.2. The second kappa shape index (κ2) is 21.2. The summed E-state index contributed by atoms with van der Waals surface area (Å²) in [7, 11) is 0. The van der Waals surface area contributed by atoms with Gasteiger partial charge < -0.3 is 16.0 Å². The van der Waals surface area contributed by atoms with E-state index >= 15 is 0 Å². The van der Waals surface area contributed by atoms with E-state index in [-0.39, 0.29) is 53.6 Å². The molecule has 1 fully saturated rings. The Hall–Kier alpha value is -1.59. The summed E-state index contributed by atoms with van der Waals surface area (Å²) >= 11 is 0. The van der Waals surface area contributed by atoms with Crippen LogP contribution in [0.2, 0.25) is 0 Å². The number of carbonyl (C=O) groups excluding carboxylic acids is 3. The molecule has 6 heteroatoms. The van der Waals surface area contributed by atoms with Gasteiger partial charge in [0.05, 0.1) is 0 Å². The molecule has 1 rings (SSSR count). The third kappa shape index (κ3) is 15.7. The van der Waals surface area contributed by atoms with Gasteiger partial charge in [0.1, 0.15) is 0 Å². The van der Waals surface area contributed by atoms with Gasteiger partial charge in [0.25, 0.3) is 0 Å². The van der Waals surface area contributed by atoms with Crippen molar-refractivity contribution >= 4 is 17.7 Å². The molecule has 0 heterocycles. The summed E-state index contributed by atoms with van der Waals surface area (Å²) in [4.78, 5) is 39.9. The number of unbranched alkanes of at least 4 members (excludes halogenated alkanes) is 9. The summed E-state index contributed by atoms with van der Waals surface area (Å²) in [6, 6.07) is 0.339. The highest BCUT2D eigenvalue weighted by Crippen LogP contribution is 2.34. The molecule has 6 nitrogen and oxygen atoms in total. The smallest absolute Gasteiger partial charge is 0.223 e. The topological polar surface area (TPSA) is 87.3 Å². The molecule has 1 aliphatic carbocycles. The van der Waals surface area contributed by atoms with Crippen LogP contribution < -0.4 is 16.0 Å². The number of nitrogens with one attached hydrogen (secondary N) is 3. The maximum absolute atomic E-state index is 13.3. The Bertz CT molecular complexity index is 587. The fourth-order valence-electron chi connectivity index (χ4n) is 5.89. The van der Waals surface area contributed by atoms with Crippen LogP contribution in [0.1, 0.15) is 157 Å². The quantitative estimate of drug-likeness (QED) is 0.130. The summed E-state index contributed by atoms with van der Waals surface area (Å²) in [5.74, 6) is -0.884. The largest absolute Gasteiger partial charge is 0.353 e. The zero-order valence-electron chi connectivity index (χ0n) is 26.4. The van der Waals surface area contributed by atoms with Crippen LogP contribution >= 0.6 is 0 Å². The van der Waals surface area contributed by atoms with Crippen LogP contribution in [-0.2, 0) is 14.4 Å². The predicted molar refractivity (Wildman–Crippen MR) is 163 cm³/mol. The minimum atomic E-state index is -0.303. The Morgan fingerprint density at radius 3 is 0.974 bits per heavy atom. The van der Waals surface area contributed by atoms with E-state index in [1.54, 1.807) is 0 Å². The van der Waals surface area contributed by atoms with Gasteiger partial charge >= 0.3 is 0 Å². The summed E-state index contributed by atoms with van der Waals surface area (Å²) in [5, 5.41) is 9.61. The van der Waals surface area contributed by atoms with E-state index in [9.17, 15) is 14.4 Å². The molecule has 0 aliphatic heterocycles. The van der Waals surface area contributed by atoms with Gasteiger partial charge in [-0.15, -0.1) is 0 Å². The Kier molecular flexibility index (Phi) is 19.3. The normalized spacial score (nSPS) is 21.5. The fraction of sp³-hybridized carbons (Fsp3) is 0.909. The first-order chi connectivity index (χ1) is 18.7. The maximum Gasteiger partial charge on any atom is 0.223 e. The average Bonchev–Trinajstić information content (AvgIpc) is 2.91. The Morgan fingerprint density at radius 2 is 0.744 bits per heavy atom. The van der Waals surface area contributed by atoms with E-state index in [0.29, 0.717) is 19.3 Å². The van der Waals surface area contributed by atoms with Crippen LogP contribution in [0.4, 0.5) is 0 Å². The van der Waals surface area contributed by atoms with Crippen molar-refractivity contribution in [3.63, 3.8) is 0 Å². The van der Waals surface area contributed by atoms with Crippen molar-refractivity contribution in [1.29, 1.82) is 0 Å². The number of carbonyl (C=O) groups is 3. The van der Waals surface area contributed by atoms with Gasteiger partial charge in [0.2, 0.25) is 17.7 Å². The molecular weight excluding hydrogens is 486 g/mol. The van der Waals surface area contributed by atoms with E-state index in [1.165, 1.54) is 57.8 Å². The third-order valence-electron chi connectivity index (χ3n) is 8.46. The molecule has 0 aromatic carbocycles. The lowest BCUT2D eigenvalue weighted by atomic mass is 9.73. The molecule has 0 spiro atoms. The lowest BCUT2D eigenvalue weighted by Crippen LogP contribution is -2.48. The minimum Gasteiger partial charge on any atom is -0.353 e. The van der Waals surface area contributed by atoms with Gasteiger partial charge in [-0.2, -0.15) is 0 Å². The SMILES string of the molecule is CCCCCCC(C)NC(=O)C1CC(C(=O)NC(C)CCCCCC)CC(C(=O)NC(C)CCCCCC)C1. The average molecular weight is 550 g/mol. The van der Waals surface area contributed by atoms with E-state index < -0.39 is 0 Å². The Labute approximate surface area is 241 Å². The molecule has 0 bridgehead atoms. The molecule has 0 saturated heterocycles. The Balaban J connectivity index is 2.79. The second-order valence-electron chi connectivity index (χ2n) is 12.6. The summed E-state index contributed by atoms with van der Waals surface area (Å²) < 4.78 is 0. The second-order valence-corrected chi connectivity index (χ2v) is 12.6. The molecule has 228 valence electrons. The molecule has 1 aliphatic rings. The van der Waals surface area contributed by atoms with Gasteiger partial charge in [-0.05, 0) is 59.3 Å². The number of rotatable bonds is 21. The van der Waals surface area contributed by atoms with Gasteiger partial charge in [-0.25, -0.2) is 0 Å². The molecule has 3 unspecified atom stereocenters. The van der Waals surface area contributed by atoms with Crippen molar-refractivity contribution in [2.24, 2.45) is 17.8 Å². The fourth-order valence-corrected chi connectivity index (χ4v) is 5.89. The first kappa shape index (κ1) is 35.4. The van der Waals surface area contributed by atoms with E-state index in [2.05, 4.69) is 57.5 Å². The molecule has 0 aromatic rings. The maximum atomic E-state index is 13.3. The monoisotopic (exact) mass is 549 g/mol. The van der Waals surface area contributed by atoms with Crippen molar-refractivity contribution in [3.05, 3.63) is 0 Å². The van der Waals surface area contributed by atoms with Crippen molar-refractivity contribution < 1.29 is 14.4 Å². The van der Waals surface area contributed by atoms with E-state index in [0.717, 1.165) is 38.5 Å². The van der Waals surface area contributed by atoms with Crippen LogP contribution in [0.15, 0.2) is 0 Å². The molecule has 0 aromatic heterocycles. The highest BCUT2D eigenvalue weighted by Gasteiger charge is 2.39. The molecular formula is C33H63N3O3. The lowest BCUT2D eigenvalue weighted by molar-refractivity contribution is -0.135. The number of hydrogen-bond donors (Lipinski definition) is 3. The standard InChI is InChI=1S/C33H63N3O3/c1-7-10-13-16-19-25(4)34-31(37)28-22-29(32(38)35-26(5)20-17-14-11-8-2)24-30(23-28)33(39)36-27(6)21-18-15-12-9-3/h25-30H,7-24H2,1-6H3,(H,34,37)(H,35,38)(H,36,39). The predicted octanol–water partition coefficient (Wildman–Crippen LogP) is 7.44. The van der Waals surface area contributed by atoms with Gasteiger partial charge in [0, 0.05) is 35.9 Å². The highest BCUT2D eigenvalue weighted by molar-refractivity contribution is 5.86. The van der Waals surface area contributed by atoms with Crippen LogP contribution in [0.5, 0.6) is 0 Å². The number of hydrogen-bond acceptors (Lipinski definition) is 3. The van der Waals surface area contributed by atoms with Crippen molar-refractivity contribution in [2.75, 3.05) is 0 Å². The van der Waals surface area contributed by atoms with E-state index in [4.69, 9.17) is 0 Å².